The summed E-state index contributed by atoms with van der Waals surface area (Å²) in [6, 6.07) is 13.6. The first-order valence-electron chi connectivity index (χ1n) is 9.64. The lowest BCUT2D eigenvalue weighted by atomic mass is 9.90. The Morgan fingerprint density at radius 3 is 2.67 bits per heavy atom. The van der Waals surface area contributed by atoms with E-state index in [1.54, 1.807) is 0 Å². The molecule has 1 amide bonds. The molecule has 2 aliphatic carbocycles. The number of nitrogens with zero attached hydrogens (tertiary/aromatic N) is 2. The normalized spacial score (nSPS) is 16.0. The highest BCUT2D eigenvalue weighted by atomic mass is 16.5. The van der Waals surface area contributed by atoms with E-state index in [2.05, 4.69) is 21.5 Å². The van der Waals surface area contributed by atoms with Crippen molar-refractivity contribution >= 4 is 11.6 Å². The summed E-state index contributed by atoms with van der Waals surface area (Å²) in [6.45, 7) is 0. The number of aromatic nitrogens is 2. The van der Waals surface area contributed by atoms with Crippen LogP contribution in [0.5, 0.6) is 0 Å². The molecule has 0 unspecified atom stereocenters. The predicted octanol–water partition coefficient (Wildman–Crippen LogP) is 4.75. The number of fused-ring (bicyclic) bond motifs is 1. The molecule has 1 saturated carbocycles. The third kappa shape index (κ3) is 3.25. The average molecular weight is 359 g/mol. The van der Waals surface area contributed by atoms with Crippen molar-refractivity contribution in [3.05, 3.63) is 65.0 Å². The Labute approximate surface area is 157 Å². The molecule has 5 heteroatoms. The van der Waals surface area contributed by atoms with Crippen LogP contribution in [0.4, 0.5) is 5.69 Å². The van der Waals surface area contributed by atoms with E-state index in [1.807, 2.05) is 36.4 Å². The number of rotatable bonds is 4. The van der Waals surface area contributed by atoms with Crippen molar-refractivity contribution in [3.8, 4) is 11.4 Å². The Kier molecular flexibility index (Phi) is 4.00. The lowest BCUT2D eigenvalue weighted by Crippen LogP contribution is -2.15. The first kappa shape index (κ1) is 16.2. The van der Waals surface area contributed by atoms with E-state index in [4.69, 9.17) is 4.52 Å². The third-order valence-electron chi connectivity index (χ3n) is 5.42. The Balaban J connectivity index is 1.33. The summed E-state index contributed by atoms with van der Waals surface area (Å²) >= 11 is 0. The van der Waals surface area contributed by atoms with Gasteiger partial charge in [0.2, 0.25) is 11.7 Å². The molecule has 0 bridgehead atoms. The lowest BCUT2D eigenvalue weighted by molar-refractivity contribution is 0.102. The molecule has 0 atom stereocenters. The van der Waals surface area contributed by atoms with Crippen LogP contribution in [-0.4, -0.2) is 16.0 Å². The standard InChI is InChI=1S/C22H21N3O2/c26-21(23-19-7-3-5-14-4-1-2-6-18(14)19)16-10-8-15(9-11-16)20-24-22(27-25-20)17-12-13-17/h3,5,7-11,17H,1-2,4,6,12-13H2,(H,23,26). The van der Waals surface area contributed by atoms with Crippen LogP contribution in [0.1, 0.15) is 59.0 Å². The number of carbonyl (C=O) groups excluding carboxylic acids is 1. The minimum atomic E-state index is -0.0905. The van der Waals surface area contributed by atoms with Crippen molar-refractivity contribution in [1.82, 2.24) is 10.1 Å². The van der Waals surface area contributed by atoms with Crippen LogP contribution in [0.25, 0.3) is 11.4 Å². The highest BCUT2D eigenvalue weighted by molar-refractivity contribution is 6.05. The number of hydrogen-bond donors (Lipinski definition) is 1. The van der Waals surface area contributed by atoms with E-state index >= 15 is 0 Å². The first-order valence-corrected chi connectivity index (χ1v) is 9.64. The quantitative estimate of drug-likeness (QED) is 0.730. The van der Waals surface area contributed by atoms with Gasteiger partial charge < -0.3 is 9.84 Å². The minimum Gasteiger partial charge on any atom is -0.339 e. The molecular weight excluding hydrogens is 338 g/mol. The molecule has 3 aromatic rings. The van der Waals surface area contributed by atoms with Gasteiger partial charge in [0.1, 0.15) is 0 Å². The SMILES string of the molecule is O=C(Nc1cccc2c1CCCC2)c1ccc(-c2noc(C3CC3)n2)cc1. The van der Waals surface area contributed by atoms with Gasteiger partial charge in [-0.05, 0) is 67.9 Å². The zero-order valence-corrected chi connectivity index (χ0v) is 15.1. The molecule has 0 spiro atoms. The fourth-order valence-corrected chi connectivity index (χ4v) is 3.71. The van der Waals surface area contributed by atoms with Crippen LogP contribution in [0, 0.1) is 0 Å². The van der Waals surface area contributed by atoms with E-state index < -0.39 is 0 Å². The lowest BCUT2D eigenvalue weighted by Gasteiger charge is -2.19. The van der Waals surface area contributed by atoms with Gasteiger partial charge in [-0.2, -0.15) is 4.98 Å². The van der Waals surface area contributed by atoms with Crippen LogP contribution in [-0.2, 0) is 12.8 Å². The van der Waals surface area contributed by atoms with Gasteiger partial charge in [-0.15, -0.1) is 0 Å². The van der Waals surface area contributed by atoms with Gasteiger partial charge in [0.15, 0.2) is 0 Å². The minimum absolute atomic E-state index is 0.0905. The number of benzene rings is 2. The van der Waals surface area contributed by atoms with Crippen LogP contribution in [0.15, 0.2) is 47.0 Å². The molecule has 2 aliphatic rings. The average Bonchev–Trinajstić information content (AvgIpc) is 3.45. The number of aryl methyl sites for hydroxylation is 1. The van der Waals surface area contributed by atoms with Gasteiger partial charge in [0.05, 0.1) is 0 Å². The Morgan fingerprint density at radius 2 is 1.85 bits per heavy atom. The van der Waals surface area contributed by atoms with Crippen molar-refractivity contribution in [3.63, 3.8) is 0 Å². The van der Waals surface area contributed by atoms with Crippen LogP contribution in [0.2, 0.25) is 0 Å². The zero-order chi connectivity index (χ0) is 18.2. The molecule has 27 heavy (non-hydrogen) atoms. The van der Waals surface area contributed by atoms with Gasteiger partial charge in [-0.25, -0.2) is 0 Å². The molecule has 0 aliphatic heterocycles. The topological polar surface area (TPSA) is 68.0 Å². The van der Waals surface area contributed by atoms with Crippen molar-refractivity contribution in [2.45, 2.75) is 44.4 Å². The summed E-state index contributed by atoms with van der Waals surface area (Å²) in [6.07, 6.45) is 6.80. The molecule has 0 radical (unpaired) electrons. The molecule has 5 rings (SSSR count). The Bertz CT molecular complexity index is 987. The smallest absolute Gasteiger partial charge is 0.255 e. The predicted molar refractivity (Wildman–Crippen MR) is 103 cm³/mol. The van der Waals surface area contributed by atoms with Crippen LogP contribution in [0.3, 0.4) is 0 Å². The van der Waals surface area contributed by atoms with Gasteiger partial charge in [-0.3, -0.25) is 4.79 Å². The van der Waals surface area contributed by atoms with E-state index in [1.165, 1.54) is 24.0 Å². The van der Waals surface area contributed by atoms with Crippen molar-refractivity contribution < 1.29 is 9.32 Å². The van der Waals surface area contributed by atoms with E-state index in [-0.39, 0.29) is 5.91 Å². The van der Waals surface area contributed by atoms with E-state index in [0.29, 0.717) is 17.3 Å². The summed E-state index contributed by atoms with van der Waals surface area (Å²) in [5, 5.41) is 7.14. The molecular formula is C22H21N3O2. The number of anilines is 1. The molecule has 136 valence electrons. The number of hydrogen-bond acceptors (Lipinski definition) is 4. The van der Waals surface area contributed by atoms with Crippen LogP contribution < -0.4 is 5.32 Å². The molecule has 0 saturated heterocycles. The van der Waals surface area contributed by atoms with Gasteiger partial charge in [0, 0.05) is 22.7 Å². The first-order chi connectivity index (χ1) is 13.3. The summed E-state index contributed by atoms with van der Waals surface area (Å²) < 4.78 is 5.31. The van der Waals surface area contributed by atoms with Crippen LogP contribution >= 0.6 is 0 Å². The summed E-state index contributed by atoms with van der Waals surface area (Å²) in [4.78, 5) is 17.1. The Hall–Kier alpha value is -2.95. The van der Waals surface area contributed by atoms with E-state index in [0.717, 1.165) is 42.8 Å². The fourth-order valence-electron chi connectivity index (χ4n) is 3.71. The second kappa shape index (κ2) is 6.65. The summed E-state index contributed by atoms with van der Waals surface area (Å²) in [5.74, 6) is 1.65. The highest BCUT2D eigenvalue weighted by Gasteiger charge is 2.29. The molecule has 1 heterocycles. The van der Waals surface area contributed by atoms with E-state index in [9.17, 15) is 4.79 Å². The fraction of sp³-hybridized carbons (Fsp3) is 0.318. The third-order valence-corrected chi connectivity index (χ3v) is 5.42. The maximum Gasteiger partial charge on any atom is 0.255 e. The summed E-state index contributed by atoms with van der Waals surface area (Å²) in [5.41, 5.74) is 5.07. The number of nitrogens with one attached hydrogen (secondary N) is 1. The number of carbonyl (C=O) groups is 1. The second-order valence-corrected chi connectivity index (χ2v) is 7.41. The van der Waals surface area contributed by atoms with Gasteiger partial charge >= 0.3 is 0 Å². The van der Waals surface area contributed by atoms with Crippen molar-refractivity contribution in [2.75, 3.05) is 5.32 Å². The Morgan fingerprint density at radius 1 is 1.04 bits per heavy atom. The maximum absolute atomic E-state index is 12.7. The second-order valence-electron chi connectivity index (χ2n) is 7.41. The molecule has 5 nitrogen and oxygen atoms in total. The molecule has 2 aromatic carbocycles. The van der Waals surface area contributed by atoms with Crippen molar-refractivity contribution in [2.24, 2.45) is 0 Å². The molecule has 1 N–H and O–H groups in total. The monoisotopic (exact) mass is 359 g/mol. The van der Waals surface area contributed by atoms with Gasteiger partial charge in [-0.1, -0.05) is 29.4 Å². The summed E-state index contributed by atoms with van der Waals surface area (Å²) in [7, 11) is 0. The van der Waals surface area contributed by atoms with Gasteiger partial charge in [0.25, 0.3) is 5.91 Å². The maximum atomic E-state index is 12.7. The zero-order valence-electron chi connectivity index (χ0n) is 15.1. The van der Waals surface area contributed by atoms with Crippen molar-refractivity contribution in [1.29, 1.82) is 0 Å². The largest absolute Gasteiger partial charge is 0.339 e. The highest BCUT2D eigenvalue weighted by Crippen LogP contribution is 2.39. The molecule has 1 fully saturated rings. The number of amides is 1. The molecule has 1 aromatic heterocycles.